The molecule has 9 heavy (non-hydrogen) atoms. The third-order valence-electron chi connectivity index (χ3n) is 0.544. The molecule has 0 fully saturated rings. The van der Waals surface area contributed by atoms with Gasteiger partial charge in [-0.2, -0.15) is 0 Å². The Morgan fingerprint density at radius 1 is 1.00 bits per heavy atom. The number of carbonyl (C=O) groups is 1. The average molecular weight is 132 g/mol. The summed E-state index contributed by atoms with van der Waals surface area (Å²) in [5.74, 6) is 0. The number of hydrogen-bond donors (Lipinski definition) is 0. The number of ether oxygens (including phenoxy) is 1. The van der Waals surface area contributed by atoms with Gasteiger partial charge in [-0.25, -0.2) is 0 Å². The van der Waals surface area contributed by atoms with E-state index in [9.17, 15) is 0 Å². The molecule has 0 aromatic rings. The van der Waals surface area contributed by atoms with E-state index in [4.69, 9.17) is 9.53 Å². The van der Waals surface area contributed by atoms with Crippen molar-refractivity contribution in [3.8, 4) is 0 Å². The van der Waals surface area contributed by atoms with Gasteiger partial charge in [0.1, 0.15) is 6.79 Å². The summed E-state index contributed by atoms with van der Waals surface area (Å²) >= 11 is 0. The molecule has 0 aliphatic rings. The average Bonchev–Trinajstić information content (AvgIpc) is 1.68. The molecule has 0 saturated carbocycles. The van der Waals surface area contributed by atoms with E-state index in [1.807, 2.05) is 34.5 Å². The van der Waals surface area contributed by atoms with Crippen molar-refractivity contribution in [2.75, 3.05) is 0 Å². The zero-order valence-electron chi connectivity index (χ0n) is 6.68. The van der Waals surface area contributed by atoms with Crippen molar-refractivity contribution in [1.82, 2.24) is 0 Å². The molecule has 2 nitrogen and oxygen atoms in total. The first kappa shape index (κ1) is 11.4. The zero-order valence-corrected chi connectivity index (χ0v) is 6.68. The van der Waals surface area contributed by atoms with Gasteiger partial charge in [-0.1, -0.05) is 0 Å². The lowest BCUT2D eigenvalue weighted by Gasteiger charge is -2.09. The number of hydrogen-bond acceptors (Lipinski definition) is 2. The van der Waals surface area contributed by atoms with E-state index in [1.54, 1.807) is 0 Å². The molecule has 56 valence electrons. The van der Waals surface area contributed by atoms with E-state index >= 15 is 0 Å². The lowest BCUT2D eigenvalue weighted by molar-refractivity contribution is -0.0979. The highest BCUT2D eigenvalue weighted by molar-refractivity contribution is 5.10. The molecule has 0 amide bonds. The zero-order chi connectivity index (χ0) is 7.86. The highest BCUT2D eigenvalue weighted by atomic mass is 16.5. The fraction of sp³-hybridized carbons (Fsp3) is 0.857. The van der Waals surface area contributed by atoms with Crippen molar-refractivity contribution in [3.63, 3.8) is 0 Å². The second-order valence-corrected chi connectivity index (χ2v) is 2.23. The quantitative estimate of drug-likeness (QED) is 0.571. The summed E-state index contributed by atoms with van der Waals surface area (Å²) in [4.78, 5) is 8.00. The predicted octanol–water partition coefficient (Wildman–Crippen LogP) is 1.63. The van der Waals surface area contributed by atoms with Crippen LogP contribution in [0.25, 0.3) is 0 Å². The lowest BCUT2D eigenvalue weighted by Crippen LogP contribution is -2.09. The van der Waals surface area contributed by atoms with E-state index in [0.29, 0.717) is 12.2 Å². The third-order valence-corrected chi connectivity index (χ3v) is 0.544. The predicted molar refractivity (Wildman–Crippen MR) is 38.5 cm³/mol. The van der Waals surface area contributed by atoms with Crippen molar-refractivity contribution < 1.29 is 9.53 Å². The van der Waals surface area contributed by atoms with Crippen molar-refractivity contribution >= 4 is 6.79 Å². The Balaban J connectivity index is 0. The van der Waals surface area contributed by atoms with Crippen LogP contribution in [-0.4, -0.2) is 19.0 Å². The van der Waals surface area contributed by atoms with Crippen LogP contribution in [0.5, 0.6) is 0 Å². The number of rotatable bonds is 2. The summed E-state index contributed by atoms with van der Waals surface area (Å²) in [6.45, 7) is 10.2. The largest absolute Gasteiger partial charge is 0.376 e. The molecule has 2 heteroatoms. The smallest absolute Gasteiger partial charge is 0.106 e. The molecule has 0 unspecified atom stereocenters. The van der Waals surface area contributed by atoms with Crippen molar-refractivity contribution in [2.24, 2.45) is 0 Å². The van der Waals surface area contributed by atoms with E-state index in [-0.39, 0.29) is 0 Å². The minimum atomic E-state index is 0.375. The molecule has 0 aromatic heterocycles. The van der Waals surface area contributed by atoms with Gasteiger partial charge in [0.05, 0.1) is 12.2 Å². The Morgan fingerprint density at radius 3 is 1.22 bits per heavy atom. The molecule has 0 atom stereocenters. The molecule has 0 N–H and O–H groups in total. The van der Waals surface area contributed by atoms with Crippen molar-refractivity contribution in [2.45, 2.75) is 39.9 Å². The van der Waals surface area contributed by atoms with Crippen LogP contribution in [0.2, 0.25) is 0 Å². The van der Waals surface area contributed by atoms with Crippen LogP contribution in [0, 0.1) is 0 Å². The molecule has 0 saturated heterocycles. The SMILES string of the molecule is C=O.CC(C)OC(C)C. The van der Waals surface area contributed by atoms with Gasteiger partial charge >= 0.3 is 0 Å². The summed E-state index contributed by atoms with van der Waals surface area (Å²) < 4.78 is 5.25. The number of carbonyl (C=O) groups excluding carboxylic acids is 1. The maximum absolute atomic E-state index is 8.00. The highest BCUT2D eigenvalue weighted by Crippen LogP contribution is 1.93. The van der Waals surface area contributed by atoms with Crippen LogP contribution in [0.4, 0.5) is 0 Å². The van der Waals surface area contributed by atoms with E-state index < -0.39 is 0 Å². The second-order valence-electron chi connectivity index (χ2n) is 2.23. The maximum atomic E-state index is 8.00. The summed E-state index contributed by atoms with van der Waals surface area (Å²) in [7, 11) is 0. The van der Waals surface area contributed by atoms with Gasteiger partial charge in [0.2, 0.25) is 0 Å². The van der Waals surface area contributed by atoms with Gasteiger partial charge in [0, 0.05) is 0 Å². The lowest BCUT2D eigenvalue weighted by atomic mass is 10.4. The fourth-order valence-electron chi connectivity index (χ4n) is 0.544. The van der Waals surface area contributed by atoms with Crippen LogP contribution < -0.4 is 0 Å². The van der Waals surface area contributed by atoms with Crippen LogP contribution in [-0.2, 0) is 9.53 Å². The first-order valence-corrected chi connectivity index (χ1v) is 3.07. The van der Waals surface area contributed by atoms with Crippen LogP contribution >= 0.6 is 0 Å². The minimum Gasteiger partial charge on any atom is -0.376 e. The van der Waals surface area contributed by atoms with Crippen molar-refractivity contribution in [1.29, 1.82) is 0 Å². The molecule has 0 rings (SSSR count). The Morgan fingerprint density at radius 2 is 1.22 bits per heavy atom. The third kappa shape index (κ3) is 18.4. The molecule has 0 spiro atoms. The first-order valence-electron chi connectivity index (χ1n) is 3.07. The Bertz CT molecular complexity index is 44.9. The van der Waals surface area contributed by atoms with Crippen molar-refractivity contribution in [3.05, 3.63) is 0 Å². The monoisotopic (exact) mass is 132 g/mol. The minimum absolute atomic E-state index is 0.375. The highest BCUT2D eigenvalue weighted by Gasteiger charge is 1.94. The first-order chi connectivity index (χ1) is 4.13. The van der Waals surface area contributed by atoms with Gasteiger partial charge < -0.3 is 9.53 Å². The van der Waals surface area contributed by atoms with Crippen LogP contribution in [0.3, 0.4) is 0 Å². The Hall–Kier alpha value is -0.370. The van der Waals surface area contributed by atoms with Gasteiger partial charge in [-0.05, 0) is 27.7 Å². The van der Waals surface area contributed by atoms with Gasteiger partial charge in [0.25, 0.3) is 0 Å². The standard InChI is InChI=1S/C6H14O.CH2O/c1-5(2)7-6(3)4;1-2/h5-6H,1-4H3;1H2. The van der Waals surface area contributed by atoms with E-state index in [2.05, 4.69) is 0 Å². The molecule has 0 heterocycles. The summed E-state index contributed by atoms with van der Waals surface area (Å²) in [5.41, 5.74) is 0. The maximum Gasteiger partial charge on any atom is 0.106 e. The molecular weight excluding hydrogens is 116 g/mol. The Kier molecular flexibility index (Phi) is 9.69. The topological polar surface area (TPSA) is 26.3 Å². The van der Waals surface area contributed by atoms with Gasteiger partial charge in [0.15, 0.2) is 0 Å². The molecule has 0 aromatic carbocycles. The summed E-state index contributed by atoms with van der Waals surface area (Å²) in [5, 5.41) is 0. The fourth-order valence-corrected chi connectivity index (χ4v) is 0.544. The molecule has 0 bridgehead atoms. The van der Waals surface area contributed by atoms with Crippen LogP contribution in [0.15, 0.2) is 0 Å². The van der Waals surface area contributed by atoms with Gasteiger partial charge in [-0.15, -0.1) is 0 Å². The van der Waals surface area contributed by atoms with Gasteiger partial charge in [-0.3, -0.25) is 0 Å². The normalized spacial score (nSPS) is 9.11. The molecule has 0 aliphatic heterocycles. The summed E-state index contributed by atoms with van der Waals surface area (Å²) in [6.07, 6.45) is 0.750. The van der Waals surface area contributed by atoms with Crippen LogP contribution in [0.1, 0.15) is 27.7 Å². The van der Waals surface area contributed by atoms with E-state index in [0.717, 1.165) is 0 Å². The van der Waals surface area contributed by atoms with E-state index in [1.165, 1.54) is 0 Å². The molecule has 0 aliphatic carbocycles. The molecular formula is C7H16O2. The second kappa shape index (κ2) is 7.63. The Labute approximate surface area is 57.2 Å². The summed E-state index contributed by atoms with van der Waals surface area (Å²) in [6, 6.07) is 0. The molecule has 0 radical (unpaired) electrons.